The number of hydrogen-bond donors (Lipinski definition) is 4. The highest BCUT2D eigenvalue weighted by Crippen LogP contribution is 2.44. The lowest BCUT2D eigenvalue weighted by atomic mass is 9.96. The molecule has 26 heavy (non-hydrogen) atoms. The highest BCUT2D eigenvalue weighted by atomic mass is 16.5. The Balaban J connectivity index is 1.99. The van der Waals surface area contributed by atoms with Gasteiger partial charge in [-0.05, 0) is 0 Å². The van der Waals surface area contributed by atoms with Crippen LogP contribution in [0.3, 0.4) is 0 Å². The second-order valence-corrected chi connectivity index (χ2v) is 6.46. The number of morpholine rings is 2. The molecule has 0 aromatic heterocycles. The van der Waals surface area contributed by atoms with Crippen molar-refractivity contribution in [2.24, 2.45) is 0 Å². The quantitative estimate of drug-likeness (QED) is 0.538. The molecule has 4 N–H and O–H groups in total. The first-order valence-electron chi connectivity index (χ1n) is 8.61. The molecule has 1 aromatic carbocycles. The van der Waals surface area contributed by atoms with Crippen LogP contribution in [-0.4, -0.2) is 88.8 Å². The van der Waals surface area contributed by atoms with Crippen LogP contribution in [0.2, 0.25) is 0 Å². The molecule has 2 aliphatic heterocycles. The maximum atomic E-state index is 12.0. The van der Waals surface area contributed by atoms with Crippen LogP contribution in [-0.2, 0) is 22.6 Å². The van der Waals surface area contributed by atoms with E-state index in [2.05, 4.69) is 0 Å². The first kappa shape index (κ1) is 18.7. The minimum atomic E-state index is -1.25. The summed E-state index contributed by atoms with van der Waals surface area (Å²) >= 11 is 0. The number of carbonyl (C=O) groups is 1. The number of aromatic hydroxyl groups is 3. The number of rotatable bonds is 5. The SMILES string of the molecule is O=C(O)c1c(CN2CCOCC2)c(O)c(O)c(O)c1CN1CCOCC1. The Morgan fingerprint density at radius 3 is 1.50 bits per heavy atom. The van der Waals surface area contributed by atoms with Gasteiger partial charge in [0, 0.05) is 50.4 Å². The van der Waals surface area contributed by atoms with Crippen LogP contribution in [0.25, 0.3) is 0 Å². The first-order chi connectivity index (χ1) is 12.5. The Kier molecular flexibility index (Phi) is 5.82. The summed E-state index contributed by atoms with van der Waals surface area (Å²) in [6.45, 7) is 4.78. The molecule has 2 aliphatic rings. The van der Waals surface area contributed by atoms with Crippen LogP contribution < -0.4 is 0 Å². The molecule has 2 heterocycles. The highest BCUT2D eigenvalue weighted by molar-refractivity contribution is 5.94. The zero-order valence-electron chi connectivity index (χ0n) is 14.5. The van der Waals surface area contributed by atoms with Gasteiger partial charge in [-0.1, -0.05) is 0 Å². The van der Waals surface area contributed by atoms with E-state index in [1.807, 2.05) is 9.80 Å². The number of hydrogen-bond acceptors (Lipinski definition) is 8. The minimum Gasteiger partial charge on any atom is -0.504 e. The van der Waals surface area contributed by atoms with Crippen molar-refractivity contribution in [1.29, 1.82) is 0 Å². The molecule has 1 aromatic rings. The topological polar surface area (TPSA) is 123 Å². The number of aromatic carboxylic acids is 1. The van der Waals surface area contributed by atoms with E-state index in [0.29, 0.717) is 52.6 Å². The molecule has 0 saturated carbocycles. The van der Waals surface area contributed by atoms with Gasteiger partial charge in [0.1, 0.15) is 0 Å². The molecule has 0 radical (unpaired) electrons. The molecule has 2 saturated heterocycles. The van der Waals surface area contributed by atoms with E-state index in [4.69, 9.17) is 9.47 Å². The van der Waals surface area contributed by atoms with E-state index in [-0.39, 0.29) is 29.8 Å². The number of phenolic OH excluding ortho intramolecular Hbond substituents is 3. The van der Waals surface area contributed by atoms with Crippen molar-refractivity contribution >= 4 is 5.97 Å². The number of carboxylic acid groups (broad SMARTS) is 1. The predicted octanol–water partition coefficient (Wildman–Crippen LogP) is 0.166. The summed E-state index contributed by atoms with van der Waals surface area (Å²) in [5.41, 5.74) is 0.0618. The van der Waals surface area contributed by atoms with Gasteiger partial charge in [0.25, 0.3) is 0 Å². The van der Waals surface area contributed by atoms with E-state index in [9.17, 15) is 25.2 Å². The Hall–Kier alpha value is -2.07. The van der Waals surface area contributed by atoms with Crippen LogP contribution in [0.4, 0.5) is 0 Å². The Labute approximate surface area is 151 Å². The number of phenols is 3. The van der Waals surface area contributed by atoms with Gasteiger partial charge in [0.15, 0.2) is 11.5 Å². The molecule has 9 nitrogen and oxygen atoms in total. The van der Waals surface area contributed by atoms with Crippen LogP contribution in [0, 0.1) is 0 Å². The minimum absolute atomic E-state index is 0.109. The highest BCUT2D eigenvalue weighted by Gasteiger charge is 2.30. The van der Waals surface area contributed by atoms with Gasteiger partial charge in [-0.3, -0.25) is 9.80 Å². The predicted molar refractivity (Wildman–Crippen MR) is 90.6 cm³/mol. The summed E-state index contributed by atoms with van der Waals surface area (Å²) in [6, 6.07) is 0. The molecule has 0 amide bonds. The largest absolute Gasteiger partial charge is 0.504 e. The van der Waals surface area contributed by atoms with Crippen molar-refractivity contribution in [1.82, 2.24) is 9.80 Å². The molecule has 9 heteroatoms. The van der Waals surface area contributed by atoms with Crippen molar-refractivity contribution in [2.75, 3.05) is 52.6 Å². The molecule has 3 rings (SSSR count). The monoisotopic (exact) mass is 368 g/mol. The fourth-order valence-electron chi connectivity index (χ4n) is 3.35. The summed E-state index contributed by atoms with van der Waals surface area (Å²) in [5, 5.41) is 40.5. The molecule has 144 valence electrons. The first-order valence-corrected chi connectivity index (χ1v) is 8.61. The maximum absolute atomic E-state index is 12.0. The zero-order valence-corrected chi connectivity index (χ0v) is 14.5. The van der Waals surface area contributed by atoms with Crippen LogP contribution >= 0.6 is 0 Å². The lowest BCUT2D eigenvalue weighted by Gasteiger charge is -2.30. The molecule has 0 aliphatic carbocycles. The maximum Gasteiger partial charge on any atom is 0.336 e. The third-order valence-corrected chi connectivity index (χ3v) is 4.81. The van der Waals surface area contributed by atoms with Gasteiger partial charge >= 0.3 is 5.97 Å². The summed E-state index contributed by atoms with van der Waals surface area (Å²) in [5.74, 6) is -3.10. The van der Waals surface area contributed by atoms with Crippen molar-refractivity contribution < 1.29 is 34.7 Å². The normalized spacial score (nSPS) is 19.5. The summed E-state index contributed by atoms with van der Waals surface area (Å²) < 4.78 is 10.6. The summed E-state index contributed by atoms with van der Waals surface area (Å²) in [7, 11) is 0. The number of nitrogens with zero attached hydrogens (tertiary/aromatic N) is 2. The third kappa shape index (κ3) is 3.85. The average Bonchev–Trinajstić information content (AvgIpc) is 2.65. The fourth-order valence-corrected chi connectivity index (χ4v) is 3.35. The van der Waals surface area contributed by atoms with Gasteiger partial charge in [0.2, 0.25) is 5.75 Å². The molecular formula is C17H24N2O7. The summed E-state index contributed by atoms with van der Waals surface area (Å²) in [4.78, 5) is 15.8. The van der Waals surface area contributed by atoms with Crippen molar-refractivity contribution in [3.05, 3.63) is 16.7 Å². The Morgan fingerprint density at radius 2 is 1.15 bits per heavy atom. The molecule has 0 bridgehead atoms. The van der Waals surface area contributed by atoms with E-state index >= 15 is 0 Å². The molecule has 0 spiro atoms. The molecule has 0 unspecified atom stereocenters. The van der Waals surface area contributed by atoms with Gasteiger partial charge in [-0.2, -0.15) is 0 Å². The number of ether oxygens (including phenoxy) is 2. The number of benzene rings is 1. The van der Waals surface area contributed by atoms with Crippen LogP contribution in [0.1, 0.15) is 21.5 Å². The van der Waals surface area contributed by atoms with E-state index in [0.717, 1.165) is 0 Å². The lowest BCUT2D eigenvalue weighted by molar-refractivity contribution is 0.0323. The van der Waals surface area contributed by atoms with Gasteiger partial charge in [-0.15, -0.1) is 0 Å². The average molecular weight is 368 g/mol. The Morgan fingerprint density at radius 1 is 0.769 bits per heavy atom. The van der Waals surface area contributed by atoms with Crippen LogP contribution in [0.15, 0.2) is 0 Å². The number of carboxylic acids is 1. The van der Waals surface area contributed by atoms with E-state index < -0.39 is 23.2 Å². The van der Waals surface area contributed by atoms with Crippen molar-refractivity contribution in [3.63, 3.8) is 0 Å². The Bertz CT molecular complexity index is 621. The van der Waals surface area contributed by atoms with Crippen molar-refractivity contribution in [2.45, 2.75) is 13.1 Å². The molecular weight excluding hydrogens is 344 g/mol. The smallest absolute Gasteiger partial charge is 0.336 e. The van der Waals surface area contributed by atoms with E-state index in [1.165, 1.54) is 0 Å². The van der Waals surface area contributed by atoms with Gasteiger partial charge in [-0.25, -0.2) is 4.79 Å². The van der Waals surface area contributed by atoms with Gasteiger partial charge in [0.05, 0.1) is 32.0 Å². The summed E-state index contributed by atoms with van der Waals surface area (Å²) in [6.07, 6.45) is 0. The van der Waals surface area contributed by atoms with Crippen molar-refractivity contribution in [3.8, 4) is 17.2 Å². The zero-order chi connectivity index (χ0) is 18.7. The van der Waals surface area contributed by atoms with E-state index in [1.54, 1.807) is 0 Å². The standard InChI is InChI=1S/C17H24N2O7/c20-14-11(9-18-1-5-25-6-2-18)13(17(23)24)12(15(21)16(14)22)10-19-3-7-26-8-4-19/h20-22H,1-10H2,(H,23,24). The lowest BCUT2D eigenvalue weighted by Crippen LogP contribution is -2.37. The molecule has 2 fully saturated rings. The third-order valence-electron chi connectivity index (χ3n) is 4.81. The molecule has 0 atom stereocenters. The second kappa shape index (κ2) is 8.09. The fraction of sp³-hybridized carbons (Fsp3) is 0.588. The second-order valence-electron chi connectivity index (χ2n) is 6.46. The van der Waals surface area contributed by atoms with Crippen LogP contribution in [0.5, 0.6) is 17.2 Å². The van der Waals surface area contributed by atoms with Gasteiger partial charge < -0.3 is 29.9 Å².